The number of nitrogens with zero attached hydrogens (tertiary/aromatic N) is 1. The number of halogens is 2. The molecule has 6 nitrogen and oxygen atoms in total. The Morgan fingerprint density at radius 3 is 2.58 bits per heavy atom. The number of rotatable bonds is 6. The second-order valence-electron chi connectivity index (χ2n) is 6.25. The number of hydrogen-bond donors (Lipinski definition) is 1. The zero-order chi connectivity index (χ0) is 22.4. The van der Waals surface area contributed by atoms with Crippen molar-refractivity contribution in [1.29, 1.82) is 5.26 Å². The highest BCUT2D eigenvalue weighted by Crippen LogP contribution is 2.25. The number of anilines is 1. The maximum atomic E-state index is 13.9. The summed E-state index contributed by atoms with van der Waals surface area (Å²) >= 11 is 3.14. The molecule has 3 aromatic rings. The first-order valence-corrected chi connectivity index (χ1v) is 9.96. The molecular weight excluding hydrogens is 467 g/mol. The number of carbonyl (C=O) groups excluding carboxylic acids is 2. The molecule has 0 bridgehead atoms. The maximum Gasteiger partial charge on any atom is 0.338 e. The molecule has 2 aromatic carbocycles. The van der Waals surface area contributed by atoms with Crippen LogP contribution >= 0.6 is 15.9 Å². The van der Waals surface area contributed by atoms with Crippen LogP contribution in [0.2, 0.25) is 0 Å². The third-order valence-corrected chi connectivity index (χ3v) is 4.63. The van der Waals surface area contributed by atoms with Gasteiger partial charge in [0.15, 0.2) is 0 Å². The number of amides is 1. The molecule has 1 aromatic heterocycles. The summed E-state index contributed by atoms with van der Waals surface area (Å²) < 4.78 is 25.1. The highest BCUT2D eigenvalue weighted by Gasteiger charge is 2.14. The van der Waals surface area contributed by atoms with Crippen LogP contribution in [0.1, 0.15) is 23.0 Å². The van der Waals surface area contributed by atoms with E-state index in [1.165, 1.54) is 18.2 Å². The first-order chi connectivity index (χ1) is 14.9. The molecule has 1 N–H and O–H groups in total. The van der Waals surface area contributed by atoms with Crippen LogP contribution in [0.5, 0.6) is 0 Å². The van der Waals surface area contributed by atoms with Crippen molar-refractivity contribution in [3.8, 4) is 17.4 Å². The molecule has 0 spiro atoms. The molecule has 0 fully saturated rings. The third-order valence-electron chi connectivity index (χ3n) is 4.14. The Balaban J connectivity index is 1.76. The van der Waals surface area contributed by atoms with E-state index in [4.69, 9.17) is 9.15 Å². The molecule has 156 valence electrons. The van der Waals surface area contributed by atoms with Gasteiger partial charge in [-0.25, -0.2) is 9.18 Å². The number of carbonyl (C=O) groups is 2. The molecule has 0 atom stereocenters. The fourth-order valence-corrected chi connectivity index (χ4v) is 2.98. The topological polar surface area (TPSA) is 92.3 Å². The predicted octanol–water partition coefficient (Wildman–Crippen LogP) is 5.57. The van der Waals surface area contributed by atoms with Crippen molar-refractivity contribution in [3.05, 3.63) is 81.8 Å². The van der Waals surface area contributed by atoms with Crippen molar-refractivity contribution in [1.82, 2.24) is 0 Å². The van der Waals surface area contributed by atoms with Gasteiger partial charge in [0.25, 0.3) is 5.91 Å². The van der Waals surface area contributed by atoms with E-state index in [1.807, 2.05) is 0 Å². The van der Waals surface area contributed by atoms with Crippen molar-refractivity contribution in [2.75, 3.05) is 11.9 Å². The lowest BCUT2D eigenvalue weighted by Crippen LogP contribution is -2.14. The van der Waals surface area contributed by atoms with Crippen LogP contribution in [0.4, 0.5) is 10.1 Å². The molecule has 0 aliphatic rings. The largest absolute Gasteiger partial charge is 0.462 e. The number of nitrogens with one attached hydrogen (secondary N) is 1. The first kappa shape index (κ1) is 22.0. The van der Waals surface area contributed by atoms with E-state index in [0.717, 1.165) is 0 Å². The van der Waals surface area contributed by atoms with E-state index < -0.39 is 17.7 Å². The molecule has 0 unspecified atom stereocenters. The van der Waals surface area contributed by atoms with Crippen molar-refractivity contribution >= 4 is 39.6 Å². The van der Waals surface area contributed by atoms with E-state index in [0.29, 0.717) is 21.4 Å². The molecule has 0 aliphatic heterocycles. The maximum absolute atomic E-state index is 13.9. The number of furan rings is 1. The Hall–Kier alpha value is -3.70. The van der Waals surface area contributed by atoms with Gasteiger partial charge in [0.1, 0.15) is 29.0 Å². The van der Waals surface area contributed by atoms with Crippen molar-refractivity contribution in [2.45, 2.75) is 6.92 Å². The Morgan fingerprint density at radius 1 is 1.19 bits per heavy atom. The molecule has 8 heteroatoms. The van der Waals surface area contributed by atoms with E-state index in [1.54, 1.807) is 55.5 Å². The van der Waals surface area contributed by atoms with Crippen LogP contribution in [-0.4, -0.2) is 18.5 Å². The SMILES string of the molecule is CCOC(=O)c1ccc(-c2ccc(/C=C(\C#N)C(=O)Nc3ccc(Br)cc3F)o2)cc1. The quantitative estimate of drug-likeness (QED) is 0.281. The van der Waals surface area contributed by atoms with Crippen LogP contribution in [0.15, 0.2) is 69.1 Å². The lowest BCUT2D eigenvalue weighted by atomic mass is 10.1. The van der Waals surface area contributed by atoms with E-state index in [2.05, 4.69) is 21.2 Å². The van der Waals surface area contributed by atoms with Gasteiger partial charge < -0.3 is 14.5 Å². The average Bonchev–Trinajstić information content (AvgIpc) is 3.23. The smallest absolute Gasteiger partial charge is 0.338 e. The second kappa shape index (κ2) is 9.87. The lowest BCUT2D eigenvalue weighted by molar-refractivity contribution is -0.112. The summed E-state index contributed by atoms with van der Waals surface area (Å²) in [6.07, 6.45) is 1.27. The Bertz CT molecular complexity index is 1190. The minimum Gasteiger partial charge on any atom is -0.462 e. The number of ether oxygens (including phenoxy) is 1. The van der Waals surface area contributed by atoms with E-state index >= 15 is 0 Å². The molecule has 3 rings (SSSR count). The number of nitriles is 1. The Labute approximate surface area is 186 Å². The molecule has 1 amide bonds. The van der Waals surface area contributed by atoms with Crippen molar-refractivity contribution in [2.24, 2.45) is 0 Å². The molecule has 0 radical (unpaired) electrons. The van der Waals surface area contributed by atoms with Gasteiger partial charge in [-0.1, -0.05) is 28.1 Å². The minimum absolute atomic E-state index is 0.0452. The highest BCUT2D eigenvalue weighted by molar-refractivity contribution is 9.10. The summed E-state index contributed by atoms with van der Waals surface area (Å²) in [5.41, 5.74) is 0.825. The summed E-state index contributed by atoms with van der Waals surface area (Å²) in [5.74, 6) is -1.05. The fourth-order valence-electron chi connectivity index (χ4n) is 2.64. The van der Waals surface area contributed by atoms with Crippen molar-refractivity contribution in [3.63, 3.8) is 0 Å². The molecule has 0 saturated heterocycles. The molecule has 0 aliphatic carbocycles. The molecule has 1 heterocycles. The standard InChI is InChI=1S/C23H16BrFN2O4/c1-2-30-23(29)15-5-3-14(4-6-15)21-10-8-18(31-21)11-16(13-26)22(28)27-20-9-7-17(24)12-19(20)25/h3-12H,2H2,1H3,(H,27,28)/b16-11+. The summed E-state index contributed by atoms with van der Waals surface area (Å²) in [6.45, 7) is 2.02. The monoisotopic (exact) mass is 482 g/mol. The average molecular weight is 483 g/mol. The van der Waals surface area contributed by atoms with Crippen LogP contribution < -0.4 is 5.32 Å². The van der Waals surface area contributed by atoms with Crippen LogP contribution in [0.25, 0.3) is 17.4 Å². The summed E-state index contributed by atoms with van der Waals surface area (Å²) in [5, 5.41) is 11.7. The minimum atomic E-state index is -0.763. The fraction of sp³-hybridized carbons (Fsp3) is 0.0870. The van der Waals surface area contributed by atoms with Gasteiger partial charge in [-0.15, -0.1) is 0 Å². The van der Waals surface area contributed by atoms with Gasteiger partial charge in [0, 0.05) is 16.1 Å². The zero-order valence-electron chi connectivity index (χ0n) is 16.3. The Morgan fingerprint density at radius 2 is 1.94 bits per heavy atom. The number of benzene rings is 2. The lowest BCUT2D eigenvalue weighted by Gasteiger charge is -2.05. The highest BCUT2D eigenvalue weighted by atomic mass is 79.9. The van der Waals surface area contributed by atoms with Crippen LogP contribution in [-0.2, 0) is 9.53 Å². The summed E-state index contributed by atoms with van der Waals surface area (Å²) in [6, 6.07) is 15.9. The van der Waals surface area contributed by atoms with Crippen LogP contribution in [0.3, 0.4) is 0 Å². The van der Waals surface area contributed by atoms with Gasteiger partial charge in [-0.2, -0.15) is 5.26 Å². The van der Waals surface area contributed by atoms with Crippen LogP contribution in [0, 0.1) is 17.1 Å². The van der Waals surface area contributed by atoms with Gasteiger partial charge in [0.2, 0.25) is 0 Å². The normalized spacial score (nSPS) is 11.0. The van der Waals surface area contributed by atoms with Gasteiger partial charge in [0.05, 0.1) is 17.9 Å². The molecular formula is C23H16BrFN2O4. The van der Waals surface area contributed by atoms with E-state index in [-0.39, 0.29) is 23.6 Å². The summed E-state index contributed by atoms with van der Waals surface area (Å²) in [4.78, 5) is 24.1. The Kier molecular flexibility index (Phi) is 7.00. The molecule has 0 saturated carbocycles. The van der Waals surface area contributed by atoms with Gasteiger partial charge in [-0.3, -0.25) is 4.79 Å². The number of hydrogen-bond acceptors (Lipinski definition) is 5. The summed E-state index contributed by atoms with van der Waals surface area (Å²) in [7, 11) is 0. The van der Waals surface area contributed by atoms with Gasteiger partial charge in [-0.05, 0) is 49.4 Å². The predicted molar refractivity (Wildman–Crippen MR) is 116 cm³/mol. The van der Waals surface area contributed by atoms with Crippen molar-refractivity contribution < 1.29 is 23.1 Å². The first-order valence-electron chi connectivity index (χ1n) is 9.17. The van der Waals surface area contributed by atoms with E-state index in [9.17, 15) is 19.2 Å². The number of esters is 1. The van der Waals surface area contributed by atoms with Gasteiger partial charge >= 0.3 is 5.97 Å². The molecule has 31 heavy (non-hydrogen) atoms. The second-order valence-corrected chi connectivity index (χ2v) is 7.16. The third kappa shape index (κ3) is 5.47. The zero-order valence-corrected chi connectivity index (χ0v) is 17.9.